The second-order valence-electron chi connectivity index (χ2n) is 4.59. The van der Waals surface area contributed by atoms with E-state index in [0.29, 0.717) is 0 Å². The molecule has 1 fully saturated rings. The third kappa shape index (κ3) is 1.82. The molecule has 3 aliphatic rings. The number of carbonyl (C=O) groups is 1. The highest BCUT2D eigenvalue weighted by Gasteiger charge is 2.50. The molecule has 0 saturated carbocycles. The second-order valence-corrected chi connectivity index (χ2v) is 4.59. The number of fused-ring (bicyclic) bond motifs is 1. The van der Waals surface area contributed by atoms with E-state index in [4.69, 9.17) is 9.84 Å². The van der Waals surface area contributed by atoms with Crippen LogP contribution in [0, 0.1) is 0 Å². The van der Waals surface area contributed by atoms with E-state index in [0.717, 1.165) is 0 Å². The van der Waals surface area contributed by atoms with Crippen LogP contribution in [0.5, 0.6) is 0 Å². The van der Waals surface area contributed by atoms with Crippen molar-refractivity contribution in [3.8, 4) is 0 Å². The first-order valence-corrected chi connectivity index (χ1v) is 5.88. The predicted octanol–water partition coefficient (Wildman–Crippen LogP) is -3.38. The number of rotatable bonds is 2. The summed E-state index contributed by atoms with van der Waals surface area (Å²) in [5.41, 5.74) is 0. The standard InChI is InChI=1S/C10H14N4O5/c15-1-4-6(16)7(17)10(19-4)14-3-13-5-8(14)11-2-12-9(5)18/h2-8,10,15-17H,1H2,(H,11,12,18)/t4-,5+,6+,7+,8+,10-/m0/s1. The summed E-state index contributed by atoms with van der Waals surface area (Å²) in [4.78, 5) is 21.1. The lowest BCUT2D eigenvalue weighted by Crippen LogP contribution is -2.53. The topological polar surface area (TPSA) is 127 Å². The minimum atomic E-state index is -1.21. The monoisotopic (exact) mass is 270 g/mol. The van der Waals surface area contributed by atoms with Crippen LogP contribution in [0.4, 0.5) is 0 Å². The van der Waals surface area contributed by atoms with Gasteiger partial charge in [-0.15, -0.1) is 0 Å². The zero-order valence-corrected chi connectivity index (χ0v) is 9.83. The highest BCUT2D eigenvalue weighted by Crippen LogP contribution is 2.29. The molecule has 4 N–H and O–H groups in total. The summed E-state index contributed by atoms with van der Waals surface area (Å²) >= 11 is 0. The molecule has 0 aromatic rings. The van der Waals surface area contributed by atoms with Gasteiger partial charge in [0.25, 0.3) is 5.91 Å². The molecule has 9 heteroatoms. The number of aliphatic imine (C=N–C) groups is 2. The summed E-state index contributed by atoms with van der Waals surface area (Å²) in [6, 6.07) is -0.689. The van der Waals surface area contributed by atoms with E-state index in [1.165, 1.54) is 17.6 Å². The van der Waals surface area contributed by atoms with Gasteiger partial charge in [-0.25, -0.2) is 4.99 Å². The molecule has 0 unspecified atom stereocenters. The molecule has 1 saturated heterocycles. The number of carbonyl (C=O) groups excluding carboxylic acids is 1. The Morgan fingerprint density at radius 1 is 1.37 bits per heavy atom. The Hall–Kier alpha value is -1.55. The van der Waals surface area contributed by atoms with Gasteiger partial charge < -0.3 is 30.3 Å². The lowest BCUT2D eigenvalue weighted by Gasteiger charge is -2.31. The molecular weight excluding hydrogens is 256 g/mol. The summed E-state index contributed by atoms with van der Waals surface area (Å²) in [6.07, 6.45) is -2.11. The van der Waals surface area contributed by atoms with Gasteiger partial charge in [0, 0.05) is 0 Å². The number of hydrogen-bond donors (Lipinski definition) is 4. The van der Waals surface area contributed by atoms with Crippen LogP contribution in [0.15, 0.2) is 9.98 Å². The van der Waals surface area contributed by atoms with Crippen molar-refractivity contribution in [3.05, 3.63) is 0 Å². The normalized spacial score (nSPS) is 44.6. The SMILES string of the molecule is O=C1NC=N[C@H]2[C@H]1N=CN2[C@H]1O[C@@H](CO)[C@@H](O)[C@H]1O. The van der Waals surface area contributed by atoms with Crippen molar-refractivity contribution >= 4 is 18.6 Å². The van der Waals surface area contributed by atoms with E-state index in [9.17, 15) is 15.0 Å². The maximum absolute atomic E-state index is 11.6. The van der Waals surface area contributed by atoms with E-state index in [2.05, 4.69) is 15.3 Å². The van der Waals surface area contributed by atoms with Gasteiger partial charge in [0.2, 0.25) is 0 Å². The average Bonchev–Trinajstić information content (AvgIpc) is 2.94. The lowest BCUT2D eigenvalue weighted by atomic mass is 10.1. The first-order valence-electron chi connectivity index (χ1n) is 5.88. The third-order valence-electron chi connectivity index (χ3n) is 3.46. The van der Waals surface area contributed by atoms with Crippen molar-refractivity contribution in [2.24, 2.45) is 9.98 Å². The van der Waals surface area contributed by atoms with Crippen LogP contribution < -0.4 is 5.32 Å². The van der Waals surface area contributed by atoms with Gasteiger partial charge in [-0.05, 0) is 0 Å². The Labute approximate surface area is 108 Å². The fraction of sp³-hybridized carbons (Fsp3) is 0.700. The van der Waals surface area contributed by atoms with Crippen molar-refractivity contribution in [1.29, 1.82) is 0 Å². The van der Waals surface area contributed by atoms with Crippen LogP contribution in [0.2, 0.25) is 0 Å². The van der Waals surface area contributed by atoms with E-state index in [1.54, 1.807) is 0 Å². The molecule has 0 radical (unpaired) electrons. The minimum Gasteiger partial charge on any atom is -0.394 e. The van der Waals surface area contributed by atoms with Crippen LogP contribution >= 0.6 is 0 Å². The summed E-state index contributed by atoms with van der Waals surface area (Å²) in [7, 11) is 0. The molecule has 0 spiro atoms. The van der Waals surface area contributed by atoms with Gasteiger partial charge in [0.05, 0.1) is 19.3 Å². The molecule has 19 heavy (non-hydrogen) atoms. The maximum atomic E-state index is 11.6. The van der Waals surface area contributed by atoms with Crippen LogP contribution in [0.1, 0.15) is 0 Å². The smallest absolute Gasteiger partial charge is 0.254 e. The van der Waals surface area contributed by atoms with E-state index in [1.807, 2.05) is 0 Å². The summed E-state index contributed by atoms with van der Waals surface area (Å²) in [5, 5.41) is 31.1. The predicted molar refractivity (Wildman–Crippen MR) is 62.3 cm³/mol. The van der Waals surface area contributed by atoms with Crippen LogP contribution in [-0.4, -0.2) is 82.2 Å². The molecule has 6 atom stereocenters. The number of amides is 1. The zero-order valence-electron chi connectivity index (χ0n) is 9.83. The first-order chi connectivity index (χ1) is 9.13. The average molecular weight is 270 g/mol. The Morgan fingerprint density at radius 3 is 2.84 bits per heavy atom. The first kappa shape index (κ1) is 12.5. The van der Waals surface area contributed by atoms with Crippen LogP contribution in [-0.2, 0) is 9.53 Å². The number of aliphatic hydroxyl groups excluding tert-OH is 3. The third-order valence-corrected chi connectivity index (χ3v) is 3.46. The van der Waals surface area contributed by atoms with E-state index < -0.39 is 43.4 Å². The van der Waals surface area contributed by atoms with E-state index in [-0.39, 0.29) is 5.91 Å². The minimum absolute atomic E-state index is 0.287. The molecule has 0 aromatic carbocycles. The Balaban J connectivity index is 1.81. The Morgan fingerprint density at radius 2 is 2.16 bits per heavy atom. The van der Waals surface area contributed by atoms with Crippen molar-refractivity contribution in [2.45, 2.75) is 36.7 Å². The van der Waals surface area contributed by atoms with Crippen molar-refractivity contribution in [1.82, 2.24) is 10.2 Å². The lowest BCUT2D eigenvalue weighted by molar-refractivity contribution is -0.124. The summed E-state index contributed by atoms with van der Waals surface area (Å²) in [5.74, 6) is -0.287. The number of nitrogens with one attached hydrogen (secondary N) is 1. The zero-order chi connectivity index (χ0) is 13.6. The number of ether oxygens (including phenoxy) is 1. The molecule has 3 rings (SSSR count). The molecule has 0 bridgehead atoms. The van der Waals surface area contributed by atoms with Crippen molar-refractivity contribution in [2.75, 3.05) is 6.61 Å². The number of hydrogen-bond acceptors (Lipinski definition) is 8. The van der Waals surface area contributed by atoms with Gasteiger partial charge in [0.1, 0.15) is 18.3 Å². The molecule has 0 aromatic heterocycles. The van der Waals surface area contributed by atoms with E-state index >= 15 is 0 Å². The van der Waals surface area contributed by atoms with Crippen molar-refractivity contribution < 1.29 is 24.9 Å². The highest BCUT2D eigenvalue weighted by atomic mass is 16.6. The fourth-order valence-electron chi connectivity index (χ4n) is 2.42. The molecule has 104 valence electrons. The van der Waals surface area contributed by atoms with Crippen LogP contribution in [0.3, 0.4) is 0 Å². The Kier molecular flexibility index (Phi) is 2.97. The molecule has 3 aliphatic heterocycles. The molecule has 0 aliphatic carbocycles. The van der Waals surface area contributed by atoms with Gasteiger partial charge >= 0.3 is 0 Å². The number of nitrogens with zero attached hydrogens (tertiary/aromatic N) is 3. The summed E-state index contributed by atoms with van der Waals surface area (Å²) in [6.45, 7) is -0.405. The highest BCUT2D eigenvalue weighted by molar-refractivity contribution is 5.96. The number of aliphatic hydroxyl groups is 3. The van der Waals surface area contributed by atoms with Gasteiger partial charge in [-0.2, -0.15) is 0 Å². The molecular formula is C10H14N4O5. The van der Waals surface area contributed by atoms with Crippen LogP contribution in [0.25, 0.3) is 0 Å². The van der Waals surface area contributed by atoms with Gasteiger partial charge in [-0.3, -0.25) is 9.79 Å². The summed E-state index contributed by atoms with van der Waals surface area (Å²) < 4.78 is 5.38. The maximum Gasteiger partial charge on any atom is 0.254 e. The van der Waals surface area contributed by atoms with Gasteiger partial charge in [0.15, 0.2) is 18.4 Å². The molecule has 9 nitrogen and oxygen atoms in total. The second kappa shape index (κ2) is 4.53. The fourth-order valence-corrected chi connectivity index (χ4v) is 2.42. The van der Waals surface area contributed by atoms with Crippen molar-refractivity contribution in [3.63, 3.8) is 0 Å². The largest absolute Gasteiger partial charge is 0.394 e. The molecule has 3 heterocycles. The van der Waals surface area contributed by atoms with Gasteiger partial charge in [-0.1, -0.05) is 0 Å². The molecule has 1 amide bonds. The quantitative estimate of drug-likeness (QED) is 0.414. The Bertz CT molecular complexity index is 442.